The number of halogens is 1. The van der Waals surface area contributed by atoms with Gasteiger partial charge in [0.15, 0.2) is 0 Å². The number of aromatic nitrogens is 1. The van der Waals surface area contributed by atoms with E-state index in [-0.39, 0.29) is 0 Å². The van der Waals surface area contributed by atoms with Gasteiger partial charge in [-0.2, -0.15) is 0 Å². The lowest BCUT2D eigenvalue weighted by Gasteiger charge is -2.37. The molecule has 2 heterocycles. The van der Waals surface area contributed by atoms with E-state index in [1.165, 1.54) is 11.3 Å². The maximum absolute atomic E-state index is 5.86. The Hall–Kier alpha value is -1.59. The molecule has 0 spiro atoms. The van der Waals surface area contributed by atoms with Crippen molar-refractivity contribution in [2.45, 2.75) is 6.54 Å². The van der Waals surface area contributed by atoms with Crippen LogP contribution >= 0.6 is 15.9 Å². The highest BCUT2D eigenvalue weighted by molar-refractivity contribution is 9.10. The fourth-order valence-corrected chi connectivity index (χ4v) is 3.07. The van der Waals surface area contributed by atoms with Crippen LogP contribution in [-0.2, 0) is 6.54 Å². The molecule has 1 aromatic carbocycles. The zero-order chi connectivity index (χ0) is 14.7. The third kappa shape index (κ3) is 3.19. The molecule has 21 heavy (non-hydrogen) atoms. The normalized spacial score (nSPS) is 15.3. The van der Waals surface area contributed by atoms with Crippen molar-refractivity contribution in [1.82, 2.24) is 4.98 Å². The first kappa shape index (κ1) is 14.4. The molecule has 2 aromatic rings. The van der Waals surface area contributed by atoms with Crippen molar-refractivity contribution in [3.63, 3.8) is 0 Å². The number of hydrogen-bond donors (Lipinski definition) is 1. The van der Waals surface area contributed by atoms with E-state index in [0.29, 0.717) is 6.54 Å². The summed E-state index contributed by atoms with van der Waals surface area (Å²) < 4.78 is 1.10. The van der Waals surface area contributed by atoms with Crippen molar-refractivity contribution in [1.29, 1.82) is 0 Å². The molecule has 1 aromatic heterocycles. The van der Waals surface area contributed by atoms with Crippen LogP contribution in [0.4, 0.5) is 11.5 Å². The van der Waals surface area contributed by atoms with E-state index in [2.05, 4.69) is 55.0 Å². The lowest BCUT2D eigenvalue weighted by atomic mass is 10.1. The molecule has 0 aliphatic carbocycles. The van der Waals surface area contributed by atoms with E-state index in [9.17, 15) is 0 Å². The standard InChI is InChI=1S/C16H19BrN4/c17-14-5-4-13(12-18)15(11-14)20-7-9-21(10-8-20)16-3-1-2-6-19-16/h1-6,11H,7-10,12,18H2. The Bertz CT molecular complexity index is 594. The second-order valence-electron chi connectivity index (χ2n) is 5.14. The van der Waals surface area contributed by atoms with Crippen molar-refractivity contribution in [3.05, 3.63) is 52.6 Å². The van der Waals surface area contributed by atoms with Crippen LogP contribution in [0.5, 0.6) is 0 Å². The largest absolute Gasteiger partial charge is 0.368 e. The average molecular weight is 347 g/mol. The highest BCUT2D eigenvalue weighted by Gasteiger charge is 2.19. The summed E-state index contributed by atoms with van der Waals surface area (Å²) in [5.74, 6) is 1.06. The number of rotatable bonds is 3. The Balaban J connectivity index is 1.73. The maximum atomic E-state index is 5.86. The highest BCUT2D eigenvalue weighted by atomic mass is 79.9. The smallest absolute Gasteiger partial charge is 0.128 e. The number of hydrogen-bond acceptors (Lipinski definition) is 4. The Morgan fingerprint density at radius 3 is 2.48 bits per heavy atom. The summed E-state index contributed by atoms with van der Waals surface area (Å²) in [6.07, 6.45) is 1.85. The van der Waals surface area contributed by atoms with Crippen LogP contribution in [0.15, 0.2) is 47.1 Å². The van der Waals surface area contributed by atoms with Crippen molar-refractivity contribution < 1.29 is 0 Å². The van der Waals surface area contributed by atoms with Gasteiger partial charge in [-0.1, -0.05) is 28.1 Å². The minimum Gasteiger partial charge on any atom is -0.368 e. The molecular formula is C16H19BrN4. The number of benzene rings is 1. The molecule has 0 amide bonds. The third-order valence-electron chi connectivity index (χ3n) is 3.86. The number of piperazine rings is 1. The molecule has 0 unspecified atom stereocenters. The SMILES string of the molecule is NCc1ccc(Br)cc1N1CCN(c2ccccn2)CC1. The van der Waals surface area contributed by atoms with Crippen LogP contribution in [0.3, 0.4) is 0 Å². The molecule has 1 aliphatic rings. The zero-order valence-corrected chi connectivity index (χ0v) is 13.5. The first-order chi connectivity index (χ1) is 10.3. The topological polar surface area (TPSA) is 45.4 Å². The van der Waals surface area contributed by atoms with Gasteiger partial charge >= 0.3 is 0 Å². The lowest BCUT2D eigenvalue weighted by molar-refractivity contribution is 0.645. The maximum Gasteiger partial charge on any atom is 0.128 e. The number of anilines is 2. The van der Waals surface area contributed by atoms with Crippen LogP contribution in [0.2, 0.25) is 0 Å². The summed E-state index contributed by atoms with van der Waals surface area (Å²) in [6, 6.07) is 12.4. The van der Waals surface area contributed by atoms with Gasteiger partial charge in [0, 0.05) is 49.1 Å². The van der Waals surface area contributed by atoms with Gasteiger partial charge in [0.25, 0.3) is 0 Å². The highest BCUT2D eigenvalue weighted by Crippen LogP contribution is 2.26. The fraction of sp³-hybridized carbons (Fsp3) is 0.312. The van der Waals surface area contributed by atoms with E-state index in [1.54, 1.807) is 0 Å². The van der Waals surface area contributed by atoms with Gasteiger partial charge in [-0.15, -0.1) is 0 Å². The summed E-state index contributed by atoms with van der Waals surface area (Å²) in [4.78, 5) is 9.17. The van der Waals surface area contributed by atoms with Crippen molar-refractivity contribution >= 4 is 27.4 Å². The lowest BCUT2D eigenvalue weighted by Crippen LogP contribution is -2.47. The molecule has 4 nitrogen and oxygen atoms in total. The summed E-state index contributed by atoms with van der Waals surface area (Å²) in [5.41, 5.74) is 8.31. The monoisotopic (exact) mass is 346 g/mol. The first-order valence-electron chi connectivity index (χ1n) is 7.17. The van der Waals surface area contributed by atoms with Crippen molar-refractivity contribution in [2.24, 2.45) is 5.73 Å². The second-order valence-corrected chi connectivity index (χ2v) is 6.05. The summed E-state index contributed by atoms with van der Waals surface area (Å²) in [6.45, 7) is 4.50. The molecule has 1 saturated heterocycles. The minimum atomic E-state index is 0.572. The van der Waals surface area contributed by atoms with Crippen molar-refractivity contribution in [2.75, 3.05) is 36.0 Å². The van der Waals surface area contributed by atoms with Gasteiger partial charge in [0.05, 0.1) is 0 Å². The molecule has 110 valence electrons. The number of nitrogens with zero attached hydrogens (tertiary/aromatic N) is 3. The predicted octanol–water partition coefficient (Wildman–Crippen LogP) is 2.63. The van der Waals surface area contributed by atoms with Crippen LogP contribution in [-0.4, -0.2) is 31.2 Å². The second kappa shape index (κ2) is 6.45. The molecule has 3 rings (SSSR count). The van der Waals surface area contributed by atoms with Crippen molar-refractivity contribution in [3.8, 4) is 0 Å². The molecule has 1 aliphatic heterocycles. The van der Waals surface area contributed by atoms with Gasteiger partial charge < -0.3 is 15.5 Å². The molecule has 0 radical (unpaired) electrons. The van der Waals surface area contributed by atoms with Gasteiger partial charge in [-0.05, 0) is 29.8 Å². The van der Waals surface area contributed by atoms with E-state index in [4.69, 9.17) is 5.73 Å². The Kier molecular flexibility index (Phi) is 4.41. The van der Waals surface area contributed by atoms with Crippen LogP contribution in [0.1, 0.15) is 5.56 Å². The molecule has 5 heteroatoms. The molecule has 0 saturated carbocycles. The molecular weight excluding hydrogens is 328 g/mol. The molecule has 2 N–H and O–H groups in total. The van der Waals surface area contributed by atoms with Crippen LogP contribution in [0.25, 0.3) is 0 Å². The molecule has 0 bridgehead atoms. The molecule has 1 fully saturated rings. The van der Waals surface area contributed by atoms with E-state index in [0.717, 1.165) is 36.5 Å². The summed E-state index contributed by atoms with van der Waals surface area (Å²) in [7, 11) is 0. The van der Waals surface area contributed by atoms with Crippen LogP contribution < -0.4 is 15.5 Å². The average Bonchev–Trinajstić information content (AvgIpc) is 2.56. The number of nitrogens with two attached hydrogens (primary N) is 1. The third-order valence-corrected chi connectivity index (χ3v) is 4.35. The Morgan fingerprint density at radius 1 is 1.05 bits per heavy atom. The first-order valence-corrected chi connectivity index (χ1v) is 7.96. The minimum absolute atomic E-state index is 0.572. The van der Waals surface area contributed by atoms with Gasteiger partial charge in [0.2, 0.25) is 0 Å². The Labute approximate surface area is 133 Å². The van der Waals surface area contributed by atoms with Gasteiger partial charge in [-0.3, -0.25) is 0 Å². The fourth-order valence-electron chi connectivity index (χ4n) is 2.72. The quantitative estimate of drug-likeness (QED) is 0.927. The summed E-state index contributed by atoms with van der Waals surface area (Å²) in [5, 5.41) is 0. The van der Waals surface area contributed by atoms with E-state index < -0.39 is 0 Å². The summed E-state index contributed by atoms with van der Waals surface area (Å²) >= 11 is 3.55. The zero-order valence-electron chi connectivity index (χ0n) is 11.9. The Morgan fingerprint density at radius 2 is 1.81 bits per heavy atom. The van der Waals surface area contributed by atoms with Gasteiger partial charge in [-0.25, -0.2) is 4.98 Å². The molecule has 0 atom stereocenters. The van der Waals surface area contributed by atoms with E-state index >= 15 is 0 Å². The predicted molar refractivity (Wildman–Crippen MR) is 90.7 cm³/mol. The van der Waals surface area contributed by atoms with E-state index in [1.807, 2.05) is 18.3 Å². The van der Waals surface area contributed by atoms with Crippen LogP contribution in [0, 0.1) is 0 Å². The van der Waals surface area contributed by atoms with Gasteiger partial charge in [0.1, 0.15) is 5.82 Å². The number of pyridine rings is 1.